The highest BCUT2D eigenvalue weighted by Gasteiger charge is 2.30. The van der Waals surface area contributed by atoms with Gasteiger partial charge in [0.05, 0.1) is 18.4 Å². The number of methoxy groups -OCH3 is 1. The molecule has 1 heterocycles. The first-order chi connectivity index (χ1) is 14.2. The van der Waals surface area contributed by atoms with Crippen molar-refractivity contribution in [1.82, 2.24) is 0 Å². The van der Waals surface area contributed by atoms with Crippen LogP contribution in [-0.2, 0) is 11.0 Å². The van der Waals surface area contributed by atoms with E-state index in [2.05, 4.69) is 21.2 Å². The topological polar surface area (TPSA) is 77.5 Å². The number of benzene rings is 2. The molecule has 0 aliphatic carbocycles. The Kier molecular flexibility index (Phi) is 6.21. The van der Waals surface area contributed by atoms with Crippen molar-refractivity contribution in [1.29, 1.82) is 0 Å². The van der Waals surface area contributed by atoms with Gasteiger partial charge in [-0.3, -0.25) is 4.79 Å². The van der Waals surface area contributed by atoms with E-state index in [4.69, 9.17) is 14.9 Å². The summed E-state index contributed by atoms with van der Waals surface area (Å²) in [6.07, 6.45) is -1.80. The van der Waals surface area contributed by atoms with Crippen LogP contribution >= 0.6 is 15.9 Å². The smallest absolute Gasteiger partial charge is 0.416 e. The van der Waals surface area contributed by atoms with Crippen LogP contribution < -0.4 is 15.8 Å². The highest BCUT2D eigenvalue weighted by molar-refractivity contribution is 9.10. The highest BCUT2D eigenvalue weighted by Crippen LogP contribution is 2.35. The third kappa shape index (κ3) is 5.04. The zero-order valence-corrected chi connectivity index (χ0v) is 17.2. The summed E-state index contributed by atoms with van der Waals surface area (Å²) in [4.78, 5) is 12.3. The van der Waals surface area contributed by atoms with Crippen molar-refractivity contribution in [2.75, 3.05) is 18.2 Å². The molecule has 0 saturated heterocycles. The lowest BCUT2D eigenvalue weighted by Gasteiger charge is -2.11. The summed E-state index contributed by atoms with van der Waals surface area (Å²) >= 11 is 3.31. The molecule has 2 aromatic carbocycles. The van der Waals surface area contributed by atoms with Crippen molar-refractivity contribution in [3.63, 3.8) is 0 Å². The van der Waals surface area contributed by atoms with Crippen LogP contribution in [0.4, 0.5) is 24.5 Å². The maximum absolute atomic E-state index is 12.9. The number of alkyl halides is 3. The molecule has 0 unspecified atom stereocenters. The third-order valence-corrected chi connectivity index (χ3v) is 4.67. The molecule has 0 atom stereocenters. The fraction of sp³-hybridized carbons (Fsp3) is 0.0952. The zero-order valence-electron chi connectivity index (χ0n) is 15.6. The van der Waals surface area contributed by atoms with Gasteiger partial charge in [0.1, 0.15) is 17.3 Å². The Hall–Kier alpha value is -3.20. The minimum absolute atomic E-state index is 0.254. The molecule has 0 bridgehead atoms. The molecule has 1 amide bonds. The summed E-state index contributed by atoms with van der Waals surface area (Å²) in [5.74, 6) is 0.481. The first kappa shape index (κ1) is 21.5. The van der Waals surface area contributed by atoms with Crippen molar-refractivity contribution in [3.05, 3.63) is 70.4 Å². The number of nitrogens with two attached hydrogens (primary N) is 1. The molecule has 1 aromatic heterocycles. The van der Waals surface area contributed by atoms with Crippen molar-refractivity contribution >= 4 is 39.3 Å². The van der Waals surface area contributed by atoms with Gasteiger partial charge in [0.2, 0.25) is 5.91 Å². The van der Waals surface area contributed by atoms with Gasteiger partial charge in [-0.25, -0.2) is 0 Å². The van der Waals surface area contributed by atoms with Gasteiger partial charge < -0.3 is 20.2 Å². The maximum Gasteiger partial charge on any atom is 0.416 e. The number of carbonyl (C=O) groups excluding carboxylic acids is 1. The largest absolute Gasteiger partial charge is 0.494 e. The molecule has 30 heavy (non-hydrogen) atoms. The molecule has 3 rings (SSSR count). The normalized spacial score (nSPS) is 11.6. The van der Waals surface area contributed by atoms with Gasteiger partial charge >= 0.3 is 6.18 Å². The van der Waals surface area contributed by atoms with E-state index in [9.17, 15) is 18.0 Å². The molecular weight excluding hydrogens is 465 g/mol. The van der Waals surface area contributed by atoms with Gasteiger partial charge in [0.25, 0.3) is 0 Å². The van der Waals surface area contributed by atoms with E-state index in [0.717, 1.165) is 12.1 Å². The fourth-order valence-corrected chi connectivity index (χ4v) is 3.21. The van der Waals surface area contributed by atoms with Crippen molar-refractivity contribution in [2.45, 2.75) is 6.18 Å². The number of halogens is 4. The predicted molar refractivity (Wildman–Crippen MR) is 112 cm³/mol. The quantitative estimate of drug-likeness (QED) is 0.348. The summed E-state index contributed by atoms with van der Waals surface area (Å²) in [6, 6.07) is 11.1. The van der Waals surface area contributed by atoms with E-state index >= 15 is 0 Å². The lowest BCUT2D eigenvalue weighted by atomic mass is 10.1. The van der Waals surface area contributed by atoms with Gasteiger partial charge in [-0.2, -0.15) is 13.2 Å². The van der Waals surface area contributed by atoms with Crippen LogP contribution in [0.3, 0.4) is 0 Å². The molecule has 3 aromatic rings. The van der Waals surface area contributed by atoms with E-state index in [-0.39, 0.29) is 11.3 Å². The Morgan fingerprint density at radius 1 is 1.20 bits per heavy atom. The molecule has 0 aliphatic heterocycles. The third-order valence-electron chi connectivity index (χ3n) is 4.04. The van der Waals surface area contributed by atoms with E-state index in [0.29, 0.717) is 27.4 Å². The van der Waals surface area contributed by atoms with Crippen LogP contribution in [-0.4, -0.2) is 13.0 Å². The number of hydrogen-bond acceptors (Lipinski definition) is 4. The number of ether oxygens (including phenoxy) is 1. The lowest BCUT2D eigenvalue weighted by Crippen LogP contribution is -2.09. The van der Waals surface area contributed by atoms with Gasteiger partial charge in [-0.15, -0.1) is 0 Å². The van der Waals surface area contributed by atoms with Crippen LogP contribution in [0, 0.1) is 0 Å². The zero-order chi connectivity index (χ0) is 21.9. The number of furan rings is 1. The second kappa shape index (κ2) is 8.66. The Bertz CT molecular complexity index is 1110. The fourth-order valence-electron chi connectivity index (χ4n) is 2.65. The molecular formula is C21H16BrF3N2O3. The number of rotatable bonds is 5. The molecule has 156 valence electrons. The highest BCUT2D eigenvalue weighted by atomic mass is 79.9. The van der Waals surface area contributed by atoms with Crippen LogP contribution in [0.1, 0.15) is 11.3 Å². The van der Waals surface area contributed by atoms with E-state index in [1.54, 1.807) is 18.2 Å². The summed E-state index contributed by atoms with van der Waals surface area (Å²) in [5, 5.41) is 2.67. The van der Waals surface area contributed by atoms with Crippen molar-refractivity contribution in [2.24, 2.45) is 0 Å². The SMILES string of the molecule is COc1cc(N)cc(Br)c1NC(=O)/C=C/c1ccc(-c2cccc(C(F)(F)F)c2)o1. The van der Waals surface area contributed by atoms with Gasteiger partial charge in [-0.1, -0.05) is 12.1 Å². The Morgan fingerprint density at radius 3 is 2.67 bits per heavy atom. The second-order valence-corrected chi connectivity index (χ2v) is 7.04. The predicted octanol–water partition coefficient (Wildman–Crippen LogP) is 5.97. The van der Waals surface area contributed by atoms with Gasteiger partial charge in [0, 0.05) is 27.9 Å². The molecule has 9 heteroatoms. The summed E-state index contributed by atoms with van der Waals surface area (Å²) in [6.45, 7) is 0. The van der Waals surface area contributed by atoms with Gasteiger partial charge in [-0.05, 0) is 52.3 Å². The molecule has 0 aliphatic rings. The summed E-state index contributed by atoms with van der Waals surface area (Å²) in [5.41, 5.74) is 6.13. The number of hydrogen-bond donors (Lipinski definition) is 2. The average Bonchev–Trinajstić information content (AvgIpc) is 3.17. The van der Waals surface area contributed by atoms with Crippen molar-refractivity contribution in [3.8, 4) is 17.1 Å². The standard InChI is InChI=1S/C21H16BrF3N2O3/c1-29-18-11-14(26)10-16(22)20(18)27-19(28)8-6-15-5-7-17(30-15)12-3-2-4-13(9-12)21(23,24)25/h2-11H,26H2,1H3,(H,27,28)/b8-6+. The number of nitrogens with one attached hydrogen (secondary N) is 1. The van der Waals surface area contributed by atoms with Crippen LogP contribution in [0.5, 0.6) is 5.75 Å². The summed E-state index contributed by atoms with van der Waals surface area (Å²) in [7, 11) is 1.45. The first-order valence-electron chi connectivity index (χ1n) is 8.57. The van der Waals surface area contributed by atoms with Crippen molar-refractivity contribution < 1.29 is 27.1 Å². The molecule has 5 nitrogen and oxygen atoms in total. The van der Waals surface area contributed by atoms with E-state index in [1.165, 1.54) is 37.5 Å². The van der Waals surface area contributed by atoms with Crippen LogP contribution in [0.2, 0.25) is 0 Å². The van der Waals surface area contributed by atoms with Gasteiger partial charge in [0.15, 0.2) is 0 Å². The Morgan fingerprint density at radius 2 is 1.97 bits per heavy atom. The molecule has 0 spiro atoms. The molecule has 3 N–H and O–H groups in total. The van der Waals surface area contributed by atoms with Crippen LogP contribution in [0.25, 0.3) is 17.4 Å². The number of carbonyl (C=O) groups is 1. The van der Waals surface area contributed by atoms with E-state index in [1.807, 2.05) is 0 Å². The second-order valence-electron chi connectivity index (χ2n) is 6.18. The minimum atomic E-state index is -4.44. The number of anilines is 2. The number of nitrogen functional groups attached to an aromatic ring is 1. The lowest BCUT2D eigenvalue weighted by molar-refractivity contribution is -0.137. The monoisotopic (exact) mass is 480 g/mol. The maximum atomic E-state index is 12.9. The first-order valence-corrected chi connectivity index (χ1v) is 9.36. The Labute approximate surface area is 178 Å². The summed E-state index contributed by atoms with van der Waals surface area (Å²) < 4.78 is 49.9. The number of amides is 1. The Balaban J connectivity index is 1.74. The molecule has 0 saturated carbocycles. The average molecular weight is 481 g/mol. The van der Waals surface area contributed by atoms with E-state index < -0.39 is 17.6 Å². The van der Waals surface area contributed by atoms with Crippen LogP contribution in [0.15, 0.2) is 63.5 Å². The molecule has 0 fully saturated rings. The minimum Gasteiger partial charge on any atom is -0.494 e. The molecule has 0 radical (unpaired) electrons.